The van der Waals surface area contributed by atoms with E-state index >= 15 is 0 Å². The number of halogens is 1. The number of nitrogens with two attached hydrogens (primary N) is 1. The van der Waals surface area contributed by atoms with Gasteiger partial charge in [0.25, 0.3) is 0 Å². The van der Waals surface area contributed by atoms with Gasteiger partial charge >= 0.3 is 0 Å². The molecule has 18 heavy (non-hydrogen) atoms. The number of rotatable bonds is 5. The molecular weight excluding hydrogens is 298 g/mol. The summed E-state index contributed by atoms with van der Waals surface area (Å²) in [6, 6.07) is 7.69. The quantitative estimate of drug-likeness (QED) is 0.821. The van der Waals surface area contributed by atoms with E-state index in [-0.39, 0.29) is 0 Å². The number of aromatic nitrogens is 3. The molecular formula is C11H14BrN5O. The second kappa shape index (κ2) is 5.83. The molecule has 0 saturated carbocycles. The maximum Gasteiger partial charge on any atom is 0.244 e. The van der Waals surface area contributed by atoms with Crippen LogP contribution in [-0.4, -0.2) is 35.0 Å². The van der Waals surface area contributed by atoms with E-state index in [9.17, 15) is 0 Å². The summed E-state index contributed by atoms with van der Waals surface area (Å²) in [5, 5.41) is 7.32. The maximum atomic E-state index is 5.83. The predicted octanol–water partition coefficient (Wildman–Crippen LogP) is 1.67. The number of anilines is 2. The highest BCUT2D eigenvalue weighted by molar-refractivity contribution is 9.10. The smallest absolute Gasteiger partial charge is 0.244 e. The van der Waals surface area contributed by atoms with Crippen LogP contribution >= 0.6 is 15.9 Å². The molecule has 2 aromatic rings. The van der Waals surface area contributed by atoms with E-state index in [1.54, 1.807) is 11.8 Å². The molecule has 0 saturated heterocycles. The maximum absolute atomic E-state index is 5.83. The van der Waals surface area contributed by atoms with E-state index < -0.39 is 0 Å². The average molecular weight is 312 g/mol. The van der Waals surface area contributed by atoms with Crippen LogP contribution in [0.1, 0.15) is 0 Å². The first-order valence-electron chi connectivity index (χ1n) is 5.42. The summed E-state index contributed by atoms with van der Waals surface area (Å²) in [5.74, 6) is 0.831. The molecule has 3 N–H and O–H groups in total. The molecule has 0 bridgehead atoms. The van der Waals surface area contributed by atoms with Crippen LogP contribution in [-0.2, 0) is 4.74 Å². The summed E-state index contributed by atoms with van der Waals surface area (Å²) in [4.78, 5) is 4.14. The van der Waals surface area contributed by atoms with Crippen molar-refractivity contribution in [1.29, 1.82) is 0 Å². The van der Waals surface area contributed by atoms with Gasteiger partial charge in [-0.1, -0.05) is 22.0 Å². The Bertz CT molecular complexity index is 528. The van der Waals surface area contributed by atoms with E-state index in [1.807, 2.05) is 24.3 Å². The van der Waals surface area contributed by atoms with Gasteiger partial charge in [-0.3, -0.25) is 0 Å². The summed E-state index contributed by atoms with van der Waals surface area (Å²) in [5.41, 5.74) is 6.69. The Hall–Kier alpha value is -1.60. The van der Waals surface area contributed by atoms with Crippen molar-refractivity contribution >= 4 is 27.8 Å². The molecule has 1 heterocycles. The summed E-state index contributed by atoms with van der Waals surface area (Å²) < 4.78 is 7.48. The third kappa shape index (κ3) is 2.99. The van der Waals surface area contributed by atoms with Crippen LogP contribution in [0.15, 0.2) is 28.7 Å². The number of nitrogens with zero attached hydrogens (tertiary/aromatic N) is 3. The summed E-state index contributed by atoms with van der Waals surface area (Å²) in [7, 11) is 1.64. The Morgan fingerprint density at radius 1 is 1.50 bits per heavy atom. The predicted molar refractivity (Wildman–Crippen MR) is 73.8 cm³/mol. The lowest BCUT2D eigenvalue weighted by Crippen LogP contribution is -2.09. The molecule has 0 radical (unpaired) electrons. The van der Waals surface area contributed by atoms with Crippen molar-refractivity contribution in [3.05, 3.63) is 28.7 Å². The first-order chi connectivity index (χ1) is 8.70. The van der Waals surface area contributed by atoms with Crippen LogP contribution in [0, 0.1) is 0 Å². The highest BCUT2D eigenvalue weighted by atomic mass is 79.9. The number of benzene rings is 1. The van der Waals surface area contributed by atoms with Crippen molar-refractivity contribution in [3.8, 4) is 5.69 Å². The molecule has 0 aliphatic carbocycles. The molecule has 1 aromatic heterocycles. The van der Waals surface area contributed by atoms with Crippen LogP contribution in [0.25, 0.3) is 5.69 Å². The second-order valence-corrected chi connectivity index (χ2v) is 4.52. The highest BCUT2D eigenvalue weighted by Gasteiger charge is 2.08. The minimum absolute atomic E-state index is 0.341. The Balaban J connectivity index is 2.18. The molecule has 0 spiro atoms. The van der Waals surface area contributed by atoms with Gasteiger partial charge in [-0.05, 0) is 18.2 Å². The Kier molecular flexibility index (Phi) is 4.16. The molecule has 0 aliphatic rings. The minimum Gasteiger partial charge on any atom is -0.383 e. The van der Waals surface area contributed by atoms with Crippen molar-refractivity contribution in [3.63, 3.8) is 0 Å². The molecule has 0 atom stereocenters. The molecule has 0 aliphatic heterocycles. The van der Waals surface area contributed by atoms with Crippen molar-refractivity contribution in [1.82, 2.24) is 14.8 Å². The zero-order valence-electron chi connectivity index (χ0n) is 9.93. The number of nitrogen functional groups attached to an aromatic ring is 1. The third-order valence-corrected chi connectivity index (χ3v) is 2.77. The van der Waals surface area contributed by atoms with Crippen LogP contribution < -0.4 is 11.1 Å². The average Bonchev–Trinajstić information content (AvgIpc) is 2.71. The molecule has 2 rings (SSSR count). The van der Waals surface area contributed by atoms with E-state index in [4.69, 9.17) is 10.5 Å². The van der Waals surface area contributed by atoms with Gasteiger partial charge in [0, 0.05) is 18.1 Å². The molecule has 0 fully saturated rings. The molecule has 96 valence electrons. The Labute approximate surface area is 113 Å². The zero-order chi connectivity index (χ0) is 13.0. The Morgan fingerprint density at radius 3 is 3.06 bits per heavy atom. The molecule has 6 nitrogen and oxygen atoms in total. The lowest BCUT2D eigenvalue weighted by molar-refractivity contribution is 0.210. The van der Waals surface area contributed by atoms with Crippen LogP contribution in [0.3, 0.4) is 0 Å². The monoisotopic (exact) mass is 311 g/mol. The molecule has 7 heteroatoms. The third-order valence-electron chi connectivity index (χ3n) is 2.27. The van der Waals surface area contributed by atoms with Crippen molar-refractivity contribution in [2.24, 2.45) is 0 Å². The van der Waals surface area contributed by atoms with Crippen LogP contribution in [0.4, 0.5) is 11.9 Å². The topological polar surface area (TPSA) is 78.0 Å². The SMILES string of the molecule is COCCNc1nc(N)n(-c2cccc(Br)c2)n1. The summed E-state index contributed by atoms with van der Waals surface area (Å²) in [6.45, 7) is 1.23. The van der Waals surface area contributed by atoms with Crippen molar-refractivity contribution < 1.29 is 4.74 Å². The molecule has 1 aromatic carbocycles. The first-order valence-corrected chi connectivity index (χ1v) is 6.21. The number of hydrogen-bond acceptors (Lipinski definition) is 5. The van der Waals surface area contributed by atoms with E-state index in [0.717, 1.165) is 10.2 Å². The number of methoxy groups -OCH3 is 1. The van der Waals surface area contributed by atoms with Gasteiger partial charge in [0.2, 0.25) is 11.9 Å². The van der Waals surface area contributed by atoms with Crippen molar-refractivity contribution in [2.75, 3.05) is 31.3 Å². The second-order valence-electron chi connectivity index (χ2n) is 3.60. The molecule has 0 amide bonds. The van der Waals surface area contributed by atoms with Crippen molar-refractivity contribution in [2.45, 2.75) is 0 Å². The van der Waals surface area contributed by atoms with Gasteiger partial charge in [-0.25, -0.2) is 0 Å². The highest BCUT2D eigenvalue weighted by Crippen LogP contribution is 2.17. The normalized spacial score (nSPS) is 10.6. The van der Waals surface area contributed by atoms with E-state index in [0.29, 0.717) is 25.0 Å². The van der Waals surface area contributed by atoms with Gasteiger partial charge < -0.3 is 15.8 Å². The minimum atomic E-state index is 0.341. The lowest BCUT2D eigenvalue weighted by Gasteiger charge is -2.02. The summed E-state index contributed by atoms with van der Waals surface area (Å²) >= 11 is 3.41. The fraction of sp³-hybridized carbons (Fsp3) is 0.273. The lowest BCUT2D eigenvalue weighted by atomic mass is 10.3. The van der Waals surface area contributed by atoms with Gasteiger partial charge in [0.05, 0.1) is 12.3 Å². The molecule has 0 unspecified atom stereocenters. The van der Waals surface area contributed by atoms with Gasteiger partial charge in [0.1, 0.15) is 0 Å². The zero-order valence-corrected chi connectivity index (χ0v) is 11.5. The standard InChI is InChI=1S/C11H14BrN5O/c1-18-6-5-14-11-15-10(13)17(16-11)9-4-2-3-8(12)7-9/h2-4,7H,5-6H2,1H3,(H3,13,14,15,16). The van der Waals surface area contributed by atoms with E-state index in [1.165, 1.54) is 0 Å². The van der Waals surface area contributed by atoms with Gasteiger partial charge in [-0.15, -0.1) is 5.10 Å². The Morgan fingerprint density at radius 2 is 2.33 bits per heavy atom. The van der Waals surface area contributed by atoms with E-state index in [2.05, 4.69) is 31.3 Å². The number of ether oxygens (including phenoxy) is 1. The fourth-order valence-corrected chi connectivity index (χ4v) is 1.85. The van der Waals surface area contributed by atoms with Gasteiger partial charge in [-0.2, -0.15) is 9.67 Å². The fourth-order valence-electron chi connectivity index (χ4n) is 1.46. The van der Waals surface area contributed by atoms with Crippen LogP contribution in [0.2, 0.25) is 0 Å². The number of nitrogens with one attached hydrogen (secondary N) is 1. The summed E-state index contributed by atoms with van der Waals surface area (Å²) in [6.07, 6.45) is 0. The van der Waals surface area contributed by atoms with Gasteiger partial charge in [0.15, 0.2) is 0 Å². The first kappa shape index (κ1) is 12.8. The largest absolute Gasteiger partial charge is 0.383 e. The van der Waals surface area contributed by atoms with Crippen LogP contribution in [0.5, 0.6) is 0 Å². The number of hydrogen-bond donors (Lipinski definition) is 2.